The number of nitrogens with one attached hydrogen (secondary N) is 1. The largest absolute Gasteiger partial charge is 0.374 e. The topological polar surface area (TPSA) is 21.3 Å². The van der Waals surface area contributed by atoms with Crippen molar-refractivity contribution < 1.29 is 4.74 Å². The zero-order valence-electron chi connectivity index (χ0n) is 10.8. The van der Waals surface area contributed by atoms with E-state index in [-0.39, 0.29) is 5.60 Å². The fourth-order valence-corrected chi connectivity index (χ4v) is 2.68. The smallest absolute Gasteiger partial charge is 0.0806 e. The molecule has 0 aromatic heterocycles. The standard InChI is InChI=1S/C14H27NO/c1-2-11-16-14(12-15-13-7-8-13)9-5-3-4-6-10-14/h13,15H,2-12H2,1H3. The van der Waals surface area contributed by atoms with E-state index in [1.807, 2.05) is 0 Å². The third-order valence-corrected chi connectivity index (χ3v) is 3.92. The lowest BCUT2D eigenvalue weighted by atomic mass is 9.94. The molecule has 0 heterocycles. The van der Waals surface area contributed by atoms with Crippen LogP contribution in [0.15, 0.2) is 0 Å². The molecule has 0 aromatic rings. The minimum absolute atomic E-state index is 0.176. The van der Waals surface area contributed by atoms with Gasteiger partial charge in [0, 0.05) is 19.2 Å². The summed E-state index contributed by atoms with van der Waals surface area (Å²) in [7, 11) is 0. The van der Waals surface area contributed by atoms with E-state index in [0.717, 1.165) is 25.6 Å². The van der Waals surface area contributed by atoms with Crippen molar-refractivity contribution in [2.75, 3.05) is 13.2 Å². The predicted octanol–water partition coefficient (Wildman–Crippen LogP) is 3.26. The summed E-state index contributed by atoms with van der Waals surface area (Å²) >= 11 is 0. The van der Waals surface area contributed by atoms with Crippen LogP contribution < -0.4 is 5.32 Å². The zero-order valence-corrected chi connectivity index (χ0v) is 10.8. The Labute approximate surface area is 100 Å². The van der Waals surface area contributed by atoms with Gasteiger partial charge in [0.2, 0.25) is 0 Å². The first kappa shape index (κ1) is 12.4. The van der Waals surface area contributed by atoms with Crippen molar-refractivity contribution >= 4 is 0 Å². The molecule has 2 nitrogen and oxygen atoms in total. The number of hydrogen-bond acceptors (Lipinski definition) is 2. The summed E-state index contributed by atoms with van der Waals surface area (Å²) in [4.78, 5) is 0. The Hall–Kier alpha value is -0.0800. The van der Waals surface area contributed by atoms with E-state index in [0.29, 0.717) is 0 Å². The molecule has 0 radical (unpaired) electrons. The lowest BCUT2D eigenvalue weighted by Gasteiger charge is -2.33. The van der Waals surface area contributed by atoms with Gasteiger partial charge < -0.3 is 10.1 Å². The summed E-state index contributed by atoms with van der Waals surface area (Å²) in [5.41, 5.74) is 0.176. The van der Waals surface area contributed by atoms with Crippen molar-refractivity contribution in [2.24, 2.45) is 0 Å². The Morgan fingerprint density at radius 2 is 1.81 bits per heavy atom. The quantitative estimate of drug-likeness (QED) is 0.701. The Kier molecular flexibility index (Phi) is 4.66. The Morgan fingerprint density at radius 1 is 1.12 bits per heavy atom. The average Bonchev–Trinajstić information content (AvgIpc) is 3.12. The molecule has 0 bridgehead atoms. The number of hydrogen-bond donors (Lipinski definition) is 1. The summed E-state index contributed by atoms with van der Waals surface area (Å²) in [6, 6.07) is 0.811. The minimum Gasteiger partial charge on any atom is -0.374 e. The van der Waals surface area contributed by atoms with E-state index < -0.39 is 0 Å². The van der Waals surface area contributed by atoms with E-state index in [1.54, 1.807) is 0 Å². The molecule has 16 heavy (non-hydrogen) atoms. The molecule has 2 fully saturated rings. The maximum Gasteiger partial charge on any atom is 0.0806 e. The third-order valence-electron chi connectivity index (χ3n) is 3.92. The molecule has 0 saturated heterocycles. The van der Waals surface area contributed by atoms with Gasteiger partial charge in [-0.15, -0.1) is 0 Å². The van der Waals surface area contributed by atoms with Gasteiger partial charge in [-0.25, -0.2) is 0 Å². The van der Waals surface area contributed by atoms with Crippen LogP contribution in [0.3, 0.4) is 0 Å². The van der Waals surface area contributed by atoms with Crippen molar-refractivity contribution in [2.45, 2.75) is 76.4 Å². The van der Waals surface area contributed by atoms with E-state index in [4.69, 9.17) is 4.74 Å². The van der Waals surface area contributed by atoms with E-state index in [2.05, 4.69) is 12.2 Å². The van der Waals surface area contributed by atoms with Gasteiger partial charge in [-0.1, -0.05) is 32.6 Å². The highest BCUT2D eigenvalue weighted by molar-refractivity contribution is 4.90. The summed E-state index contributed by atoms with van der Waals surface area (Å²) in [5.74, 6) is 0. The van der Waals surface area contributed by atoms with Gasteiger partial charge in [-0.05, 0) is 32.1 Å². The van der Waals surface area contributed by atoms with Crippen LogP contribution in [-0.4, -0.2) is 24.8 Å². The van der Waals surface area contributed by atoms with Crippen molar-refractivity contribution in [1.82, 2.24) is 5.32 Å². The summed E-state index contributed by atoms with van der Waals surface area (Å²) < 4.78 is 6.22. The first-order valence-electron chi connectivity index (χ1n) is 7.22. The average molecular weight is 225 g/mol. The molecule has 2 rings (SSSR count). The fraction of sp³-hybridized carbons (Fsp3) is 1.00. The lowest BCUT2D eigenvalue weighted by Crippen LogP contribution is -2.43. The van der Waals surface area contributed by atoms with Gasteiger partial charge in [0.25, 0.3) is 0 Å². The van der Waals surface area contributed by atoms with Crippen LogP contribution in [0.5, 0.6) is 0 Å². The molecular formula is C14H27NO. The molecule has 0 aliphatic heterocycles. The molecule has 2 saturated carbocycles. The van der Waals surface area contributed by atoms with Crippen LogP contribution in [0.1, 0.15) is 64.7 Å². The van der Waals surface area contributed by atoms with Gasteiger partial charge in [0.05, 0.1) is 5.60 Å². The van der Waals surface area contributed by atoms with Crippen LogP contribution in [-0.2, 0) is 4.74 Å². The number of ether oxygens (including phenoxy) is 1. The second-order valence-electron chi connectivity index (χ2n) is 5.60. The SMILES string of the molecule is CCCOC1(CNC2CC2)CCCCCC1. The predicted molar refractivity (Wildman–Crippen MR) is 67.7 cm³/mol. The van der Waals surface area contributed by atoms with Crippen LogP contribution in [0.25, 0.3) is 0 Å². The maximum atomic E-state index is 6.22. The molecular weight excluding hydrogens is 198 g/mol. The van der Waals surface area contributed by atoms with Crippen LogP contribution in [0, 0.1) is 0 Å². The van der Waals surface area contributed by atoms with Gasteiger partial charge in [-0.2, -0.15) is 0 Å². The van der Waals surface area contributed by atoms with Crippen molar-refractivity contribution in [3.63, 3.8) is 0 Å². The van der Waals surface area contributed by atoms with E-state index in [9.17, 15) is 0 Å². The second-order valence-corrected chi connectivity index (χ2v) is 5.60. The summed E-state index contributed by atoms with van der Waals surface area (Å²) in [6.07, 6.45) is 12.0. The van der Waals surface area contributed by atoms with Gasteiger partial charge in [0.15, 0.2) is 0 Å². The molecule has 2 aliphatic carbocycles. The number of rotatable bonds is 6. The molecule has 0 unspecified atom stereocenters. The molecule has 1 N–H and O–H groups in total. The highest BCUT2D eigenvalue weighted by Crippen LogP contribution is 2.31. The third kappa shape index (κ3) is 3.74. The van der Waals surface area contributed by atoms with Gasteiger partial charge in [-0.3, -0.25) is 0 Å². The van der Waals surface area contributed by atoms with Crippen LogP contribution in [0.2, 0.25) is 0 Å². The monoisotopic (exact) mass is 225 g/mol. The highest BCUT2D eigenvalue weighted by Gasteiger charge is 2.33. The Bertz CT molecular complexity index is 193. The normalized spacial score (nSPS) is 25.3. The Morgan fingerprint density at radius 3 is 2.38 bits per heavy atom. The second kappa shape index (κ2) is 6.02. The van der Waals surface area contributed by atoms with Crippen molar-refractivity contribution in [1.29, 1.82) is 0 Å². The first-order chi connectivity index (χ1) is 7.85. The van der Waals surface area contributed by atoms with Crippen molar-refractivity contribution in [3.8, 4) is 0 Å². The first-order valence-corrected chi connectivity index (χ1v) is 7.22. The molecule has 0 atom stereocenters. The molecule has 0 amide bonds. The Balaban J connectivity index is 1.85. The molecule has 94 valence electrons. The van der Waals surface area contributed by atoms with E-state index in [1.165, 1.54) is 51.4 Å². The van der Waals surface area contributed by atoms with E-state index >= 15 is 0 Å². The minimum atomic E-state index is 0.176. The fourth-order valence-electron chi connectivity index (χ4n) is 2.68. The van der Waals surface area contributed by atoms with Gasteiger partial charge in [0.1, 0.15) is 0 Å². The molecule has 0 spiro atoms. The lowest BCUT2D eigenvalue weighted by molar-refractivity contribution is -0.0548. The zero-order chi connectivity index (χ0) is 11.3. The van der Waals surface area contributed by atoms with Crippen LogP contribution >= 0.6 is 0 Å². The summed E-state index contributed by atoms with van der Waals surface area (Å²) in [6.45, 7) is 4.24. The van der Waals surface area contributed by atoms with Crippen LogP contribution in [0.4, 0.5) is 0 Å². The summed E-state index contributed by atoms with van der Waals surface area (Å²) in [5, 5.41) is 3.68. The molecule has 2 aliphatic rings. The van der Waals surface area contributed by atoms with Gasteiger partial charge >= 0.3 is 0 Å². The molecule has 2 heteroatoms. The highest BCUT2D eigenvalue weighted by atomic mass is 16.5. The van der Waals surface area contributed by atoms with Crippen molar-refractivity contribution in [3.05, 3.63) is 0 Å². The maximum absolute atomic E-state index is 6.22. The molecule has 0 aromatic carbocycles.